The number of morpholine rings is 1. The Bertz CT molecular complexity index is 399. The molecule has 0 saturated carbocycles. The van der Waals surface area contributed by atoms with Crippen molar-refractivity contribution in [2.75, 3.05) is 26.3 Å². The van der Waals surface area contributed by atoms with Gasteiger partial charge in [-0.1, -0.05) is 23.7 Å². The molecule has 0 unspecified atom stereocenters. The largest absolute Gasteiger partial charge is 0.378 e. The lowest BCUT2D eigenvalue weighted by atomic mass is 9.70. The van der Waals surface area contributed by atoms with E-state index in [1.165, 1.54) is 5.46 Å². The summed E-state index contributed by atoms with van der Waals surface area (Å²) < 4.78 is 5.33. The van der Waals surface area contributed by atoms with Crippen molar-refractivity contribution >= 4 is 24.2 Å². The normalized spacial score (nSPS) is 19.5. The highest BCUT2D eigenvalue weighted by atomic mass is 16.5. The Balaban J connectivity index is 1.81. The first kappa shape index (κ1) is 8.98. The summed E-state index contributed by atoms with van der Waals surface area (Å²) in [7, 11) is 2.15. The van der Waals surface area contributed by atoms with Gasteiger partial charge in [-0.3, -0.25) is 0 Å². The summed E-state index contributed by atoms with van der Waals surface area (Å²) in [4.78, 5) is 6.89. The van der Waals surface area contributed by atoms with Crippen LogP contribution in [0.2, 0.25) is 0 Å². The molecule has 2 heterocycles. The average molecular weight is 199 g/mol. The van der Waals surface area contributed by atoms with Crippen LogP contribution in [0.1, 0.15) is 0 Å². The predicted octanol–water partition coefficient (Wildman–Crippen LogP) is 0.349. The summed E-state index contributed by atoms with van der Waals surface area (Å²) in [6.45, 7) is 3.51. The van der Waals surface area contributed by atoms with Crippen LogP contribution in [0.15, 0.2) is 29.3 Å². The lowest BCUT2D eigenvalue weighted by Crippen LogP contribution is -2.43. The molecule has 1 aromatic rings. The molecule has 0 amide bonds. The monoisotopic (exact) mass is 199 g/mol. The van der Waals surface area contributed by atoms with Crippen molar-refractivity contribution in [1.29, 1.82) is 0 Å². The van der Waals surface area contributed by atoms with E-state index in [1.54, 1.807) is 0 Å². The van der Waals surface area contributed by atoms with Crippen LogP contribution in [-0.4, -0.2) is 44.2 Å². The third-order valence-electron chi connectivity index (χ3n) is 2.79. The van der Waals surface area contributed by atoms with Crippen molar-refractivity contribution in [1.82, 2.24) is 4.90 Å². The van der Waals surface area contributed by atoms with Gasteiger partial charge in [0.15, 0.2) is 0 Å². The van der Waals surface area contributed by atoms with Gasteiger partial charge in [-0.25, -0.2) is 4.99 Å². The van der Waals surface area contributed by atoms with Crippen LogP contribution >= 0.6 is 0 Å². The maximum absolute atomic E-state index is 5.33. The predicted molar refractivity (Wildman–Crippen MR) is 61.3 cm³/mol. The third-order valence-corrected chi connectivity index (χ3v) is 2.79. The Labute approximate surface area is 90.0 Å². The molecule has 0 bridgehead atoms. The fraction of sp³-hybridized carbons (Fsp3) is 0.364. The fourth-order valence-electron chi connectivity index (χ4n) is 1.96. The number of benzene rings is 1. The van der Waals surface area contributed by atoms with Gasteiger partial charge in [0, 0.05) is 13.1 Å². The van der Waals surface area contributed by atoms with Crippen LogP contribution in [-0.2, 0) is 4.74 Å². The van der Waals surface area contributed by atoms with E-state index < -0.39 is 0 Å². The molecule has 0 N–H and O–H groups in total. The molecule has 4 heteroatoms. The zero-order valence-electron chi connectivity index (χ0n) is 8.52. The number of nitrogens with zero attached hydrogens (tertiary/aromatic N) is 2. The van der Waals surface area contributed by atoms with Gasteiger partial charge in [-0.2, -0.15) is 0 Å². The molecule has 1 fully saturated rings. The molecule has 75 valence electrons. The van der Waals surface area contributed by atoms with Gasteiger partial charge in [0.05, 0.1) is 24.6 Å². The van der Waals surface area contributed by atoms with Crippen LogP contribution in [0.25, 0.3) is 0 Å². The third kappa shape index (κ3) is 1.65. The van der Waals surface area contributed by atoms with Gasteiger partial charge in [-0.05, 0) is 6.07 Å². The summed E-state index contributed by atoms with van der Waals surface area (Å²) in [5.41, 5.74) is 3.39. The van der Waals surface area contributed by atoms with Gasteiger partial charge < -0.3 is 9.64 Å². The Morgan fingerprint density at radius 2 is 2.00 bits per heavy atom. The summed E-state index contributed by atoms with van der Waals surface area (Å²) in [6, 6.07) is 8.23. The van der Waals surface area contributed by atoms with Crippen LogP contribution in [0, 0.1) is 0 Å². The number of aliphatic imine (C=N–C) groups is 1. The Kier molecular flexibility index (Phi) is 2.22. The molecule has 1 saturated heterocycles. The van der Waals surface area contributed by atoms with Crippen LogP contribution in [0.5, 0.6) is 0 Å². The summed E-state index contributed by atoms with van der Waals surface area (Å²) in [5.74, 6) is 0. The second-order valence-corrected chi connectivity index (χ2v) is 3.77. The fourth-order valence-corrected chi connectivity index (χ4v) is 1.96. The standard InChI is InChI=1S/C11H12BN2O/c1-2-4-10-9(3-1)12-11(13-10)14-5-7-15-8-6-14/h1-4H,5-8H2. The maximum atomic E-state index is 5.33. The quantitative estimate of drug-likeness (QED) is 0.563. The van der Waals surface area contributed by atoms with Gasteiger partial charge in [0.1, 0.15) is 0 Å². The van der Waals surface area contributed by atoms with Crippen LogP contribution < -0.4 is 5.46 Å². The Morgan fingerprint density at radius 1 is 1.20 bits per heavy atom. The molecular weight excluding hydrogens is 187 g/mol. The molecule has 0 atom stereocenters. The summed E-state index contributed by atoms with van der Waals surface area (Å²) in [5, 5.41) is 0. The molecule has 1 radical (unpaired) electrons. The van der Waals surface area contributed by atoms with E-state index in [4.69, 9.17) is 4.74 Å². The first-order chi connectivity index (χ1) is 7.43. The Morgan fingerprint density at radius 3 is 2.80 bits per heavy atom. The SMILES string of the molecule is [B]1C(N2CCOCC2)=Nc2ccccc21. The highest BCUT2D eigenvalue weighted by Crippen LogP contribution is 2.15. The molecule has 1 aromatic carbocycles. The first-order valence-corrected chi connectivity index (χ1v) is 5.29. The molecule has 0 aromatic heterocycles. The molecule has 15 heavy (non-hydrogen) atoms. The lowest BCUT2D eigenvalue weighted by molar-refractivity contribution is 0.0692. The molecule has 0 aliphatic carbocycles. The van der Waals surface area contributed by atoms with E-state index in [0.29, 0.717) is 0 Å². The first-order valence-electron chi connectivity index (χ1n) is 5.29. The number of hydrogen-bond donors (Lipinski definition) is 0. The number of ether oxygens (including phenoxy) is 1. The highest BCUT2D eigenvalue weighted by molar-refractivity contribution is 6.87. The second-order valence-electron chi connectivity index (χ2n) is 3.77. The lowest BCUT2D eigenvalue weighted by Gasteiger charge is -2.28. The van der Waals surface area contributed by atoms with Gasteiger partial charge >= 0.3 is 0 Å². The molecule has 3 rings (SSSR count). The number of hydrogen-bond acceptors (Lipinski definition) is 3. The van der Waals surface area contributed by atoms with E-state index in [2.05, 4.69) is 29.3 Å². The summed E-state index contributed by atoms with van der Waals surface area (Å²) in [6.07, 6.45) is 0. The number of rotatable bonds is 0. The van der Waals surface area contributed by atoms with Crippen molar-refractivity contribution in [2.45, 2.75) is 0 Å². The topological polar surface area (TPSA) is 24.8 Å². The van der Waals surface area contributed by atoms with Crippen molar-refractivity contribution in [3.8, 4) is 0 Å². The van der Waals surface area contributed by atoms with Gasteiger partial charge in [0.25, 0.3) is 0 Å². The number of para-hydroxylation sites is 1. The van der Waals surface area contributed by atoms with Gasteiger partial charge in [-0.15, -0.1) is 0 Å². The maximum Gasteiger partial charge on any atom is 0.243 e. The molecule has 3 nitrogen and oxygen atoms in total. The zero-order valence-corrected chi connectivity index (χ0v) is 8.52. The minimum atomic E-state index is 0.809. The van der Waals surface area contributed by atoms with E-state index >= 15 is 0 Å². The molecular formula is C11H12BN2O. The molecule has 2 aliphatic rings. The van der Waals surface area contributed by atoms with Gasteiger partial charge in [0.2, 0.25) is 7.28 Å². The van der Waals surface area contributed by atoms with E-state index in [0.717, 1.165) is 37.7 Å². The zero-order chi connectivity index (χ0) is 10.1. The van der Waals surface area contributed by atoms with E-state index in [-0.39, 0.29) is 0 Å². The number of amidine groups is 1. The minimum Gasteiger partial charge on any atom is -0.378 e. The number of fused-ring (bicyclic) bond motifs is 1. The smallest absolute Gasteiger partial charge is 0.243 e. The summed E-state index contributed by atoms with van der Waals surface area (Å²) >= 11 is 0. The van der Waals surface area contributed by atoms with Crippen molar-refractivity contribution in [3.63, 3.8) is 0 Å². The highest BCUT2D eigenvalue weighted by Gasteiger charge is 2.22. The van der Waals surface area contributed by atoms with E-state index in [1.807, 2.05) is 12.1 Å². The minimum absolute atomic E-state index is 0.809. The van der Waals surface area contributed by atoms with Crippen LogP contribution in [0.4, 0.5) is 5.69 Å². The Hall–Kier alpha value is -1.29. The van der Waals surface area contributed by atoms with Crippen molar-refractivity contribution < 1.29 is 4.74 Å². The van der Waals surface area contributed by atoms with E-state index in [9.17, 15) is 0 Å². The van der Waals surface area contributed by atoms with Crippen molar-refractivity contribution in [2.24, 2.45) is 4.99 Å². The molecule has 0 spiro atoms. The van der Waals surface area contributed by atoms with Crippen molar-refractivity contribution in [3.05, 3.63) is 24.3 Å². The second kappa shape index (κ2) is 3.70. The molecule has 2 aliphatic heterocycles. The average Bonchev–Trinajstić information content (AvgIpc) is 2.74. The van der Waals surface area contributed by atoms with Crippen LogP contribution in [0.3, 0.4) is 0 Å².